The minimum atomic E-state index is -2.91. The second-order valence-electron chi connectivity index (χ2n) is 23.9. The number of piperazine rings is 1. The molecule has 6 aliphatic heterocycles. The van der Waals surface area contributed by atoms with E-state index in [1.807, 2.05) is 46.4 Å². The molecule has 14 nitrogen and oxygen atoms in total. The van der Waals surface area contributed by atoms with Crippen molar-refractivity contribution in [2.75, 3.05) is 89.3 Å². The number of carbonyl (C=O) groups excluding carboxylic acids is 3. The van der Waals surface area contributed by atoms with Crippen LogP contribution >= 0.6 is 0 Å². The van der Waals surface area contributed by atoms with Crippen molar-refractivity contribution in [1.29, 1.82) is 0 Å². The molecule has 0 aromatic carbocycles. The zero-order chi connectivity index (χ0) is 49.8. The smallest absolute Gasteiger partial charge is 0.325 e. The van der Waals surface area contributed by atoms with Crippen molar-refractivity contribution >= 4 is 43.3 Å². The fraction of sp³-hybridized carbons (Fsp3) is 0.918. The number of hydrogen-bond acceptors (Lipinski definition) is 10. The summed E-state index contributed by atoms with van der Waals surface area (Å²) in [6, 6.07) is -0.289. The van der Waals surface area contributed by atoms with Gasteiger partial charge in [-0.25, -0.2) is 13.2 Å². The lowest BCUT2D eigenvalue weighted by atomic mass is 10.0. The summed E-state index contributed by atoms with van der Waals surface area (Å²) in [7, 11) is -4.63. The molecular weight excluding hydrogens is 861 g/mol. The summed E-state index contributed by atoms with van der Waals surface area (Å²) in [5.41, 5.74) is 0.374. The monoisotopic (exact) mass is 963 g/mol. The van der Waals surface area contributed by atoms with Gasteiger partial charge in [0, 0.05) is 104 Å². The molecule has 6 saturated heterocycles. The molecule has 0 aromatic rings. The normalized spacial score (nSPS) is 22.5. The first-order chi connectivity index (χ1) is 28.8. The number of carbonyl (C=O) groups is 3. The van der Waals surface area contributed by atoms with Crippen molar-refractivity contribution in [1.82, 2.24) is 39.4 Å². The van der Waals surface area contributed by atoms with E-state index in [1.54, 1.807) is 4.31 Å². The molecule has 6 aliphatic rings. The van der Waals surface area contributed by atoms with Crippen molar-refractivity contribution in [3.63, 3.8) is 0 Å². The fourth-order valence-electron chi connectivity index (χ4n) is 8.17. The number of hydrogen-bond donors (Lipinski definition) is 2. The Bertz CT molecular complexity index is 1620. The minimum absolute atomic E-state index is 0. The Morgan fingerprint density at radius 3 is 1.17 bits per heavy atom. The first-order valence-electron chi connectivity index (χ1n) is 24.0. The minimum Gasteiger partial charge on any atom is -0.338 e. The van der Waals surface area contributed by atoms with E-state index in [-0.39, 0.29) is 42.5 Å². The van der Waals surface area contributed by atoms with Crippen LogP contribution in [0.2, 0.25) is 0 Å². The number of urea groups is 1. The van der Waals surface area contributed by atoms with Crippen LogP contribution in [0.1, 0.15) is 171 Å². The molecule has 2 N–H and O–H groups in total. The van der Waals surface area contributed by atoms with E-state index in [1.165, 1.54) is 50.3 Å². The Morgan fingerprint density at radius 1 is 0.477 bits per heavy atom. The Kier molecular flexibility index (Phi) is 25.0. The number of likely N-dealkylation sites (tertiary alicyclic amines) is 2. The molecule has 6 fully saturated rings. The quantitative estimate of drug-likeness (QED) is 0.193. The maximum atomic E-state index is 11.5. The van der Waals surface area contributed by atoms with Crippen LogP contribution < -0.4 is 10.6 Å². The molecule has 0 bridgehead atoms. The summed E-state index contributed by atoms with van der Waals surface area (Å²) in [5.74, 6) is 5.78. The predicted octanol–water partition coefficient (Wildman–Crippen LogP) is 6.98. The molecule has 0 aromatic heterocycles. The zero-order valence-electron chi connectivity index (χ0n) is 44.3. The molecule has 386 valence electrons. The molecule has 0 atom stereocenters. The van der Waals surface area contributed by atoms with Crippen molar-refractivity contribution in [3.8, 4) is 0 Å². The first kappa shape index (κ1) is 63.2. The molecule has 0 radical (unpaired) electrons. The van der Waals surface area contributed by atoms with Crippen LogP contribution in [0.4, 0.5) is 4.79 Å². The third kappa shape index (κ3) is 23.4. The van der Waals surface area contributed by atoms with Gasteiger partial charge in [0.15, 0.2) is 0 Å². The fourth-order valence-corrected chi connectivity index (χ4v) is 11.4. The number of nitrogens with one attached hydrogen (secondary N) is 2. The summed E-state index contributed by atoms with van der Waals surface area (Å²) in [6.45, 7) is 48.8. The van der Waals surface area contributed by atoms with Gasteiger partial charge in [-0.05, 0) is 185 Å². The molecule has 6 rings (SSSR count). The lowest BCUT2D eigenvalue weighted by Crippen LogP contribution is -2.51. The molecule has 65 heavy (non-hydrogen) atoms. The summed E-state index contributed by atoms with van der Waals surface area (Å²) in [5, 5.41) is 5.81. The van der Waals surface area contributed by atoms with Gasteiger partial charge in [-0.2, -0.15) is 4.31 Å². The lowest BCUT2D eigenvalue weighted by molar-refractivity contribution is -0.138. The van der Waals surface area contributed by atoms with Crippen LogP contribution in [-0.4, -0.2) is 188 Å². The Labute approximate surface area is 401 Å². The molecule has 0 unspecified atom stereocenters. The van der Waals surface area contributed by atoms with Crippen LogP contribution in [0.3, 0.4) is 0 Å². The van der Waals surface area contributed by atoms with E-state index >= 15 is 0 Å². The van der Waals surface area contributed by atoms with Gasteiger partial charge < -0.3 is 15.5 Å². The molecule has 6 heterocycles. The number of piperidine rings is 1. The Hall–Kier alpha value is -1.82. The van der Waals surface area contributed by atoms with Gasteiger partial charge in [-0.15, -0.1) is 0 Å². The van der Waals surface area contributed by atoms with Gasteiger partial charge in [0.2, 0.25) is 15.9 Å². The largest absolute Gasteiger partial charge is 0.338 e. The van der Waals surface area contributed by atoms with Crippen LogP contribution in [-0.2, 0) is 29.1 Å². The van der Waals surface area contributed by atoms with Gasteiger partial charge in [0.05, 0.1) is 12.3 Å². The van der Waals surface area contributed by atoms with Gasteiger partial charge in [-0.1, -0.05) is 7.43 Å². The number of sulfonamides is 1. The highest BCUT2D eigenvalue weighted by Crippen LogP contribution is 2.25. The molecule has 16 heteroatoms. The maximum absolute atomic E-state index is 11.5. The Balaban J connectivity index is 0.000000755. The first-order valence-corrected chi connectivity index (χ1v) is 27.7. The number of rotatable bonds is 0. The number of amides is 4. The Morgan fingerprint density at radius 2 is 0.908 bits per heavy atom. The second-order valence-corrected chi connectivity index (χ2v) is 28.7. The average molecular weight is 964 g/mol. The highest BCUT2D eigenvalue weighted by Gasteiger charge is 2.38. The molecule has 0 saturated carbocycles. The average Bonchev–Trinajstić information content (AvgIpc) is 3.89. The van der Waals surface area contributed by atoms with Crippen molar-refractivity contribution in [2.24, 2.45) is 0 Å². The van der Waals surface area contributed by atoms with E-state index in [9.17, 15) is 27.0 Å². The molecule has 0 aliphatic carbocycles. The van der Waals surface area contributed by atoms with Crippen LogP contribution in [0.5, 0.6) is 0 Å². The van der Waals surface area contributed by atoms with Crippen molar-refractivity contribution in [2.45, 2.75) is 204 Å². The summed E-state index contributed by atoms with van der Waals surface area (Å²) >= 11 is 0. The van der Waals surface area contributed by atoms with Crippen molar-refractivity contribution < 1.29 is 27.0 Å². The van der Waals surface area contributed by atoms with Crippen molar-refractivity contribution in [3.05, 3.63) is 0 Å². The van der Waals surface area contributed by atoms with E-state index < -0.39 is 25.1 Å². The number of imide groups is 1. The van der Waals surface area contributed by atoms with Gasteiger partial charge in [0.1, 0.15) is 0 Å². The van der Waals surface area contributed by atoms with Crippen LogP contribution in [0.15, 0.2) is 0 Å². The molecule has 4 amide bonds. The van der Waals surface area contributed by atoms with Gasteiger partial charge in [-0.3, -0.25) is 33.4 Å². The highest BCUT2D eigenvalue weighted by atomic mass is 32.2. The third-order valence-corrected chi connectivity index (χ3v) is 16.1. The van der Waals surface area contributed by atoms with E-state index in [4.69, 9.17) is 0 Å². The maximum Gasteiger partial charge on any atom is 0.325 e. The SMILES string of the molecule is C.C=S1(=O)CCN(C(C)(C)C)CC1.CC(C)(C)N1C(=O)CNC1=O.CC(C)(C)N1CCCC1.CC(C)(C)N1CCCCC1=O.CC(C)(C)N1CCCS1(=O)=O.CC(C)(C)N1CCNCC1. The number of nitrogens with zero attached hydrogens (tertiary/aromatic N) is 6. The molecular formula is C49H102N8O6S2. The topological polar surface area (TPSA) is 146 Å². The summed E-state index contributed by atoms with van der Waals surface area (Å²) in [6.07, 6.45) is 6.57. The highest BCUT2D eigenvalue weighted by molar-refractivity contribution is 8.00. The third-order valence-electron chi connectivity index (χ3n) is 12.0. The second kappa shape index (κ2) is 25.7. The van der Waals surface area contributed by atoms with E-state index in [2.05, 4.69) is 114 Å². The summed E-state index contributed by atoms with van der Waals surface area (Å²) < 4.78 is 35.8. The van der Waals surface area contributed by atoms with E-state index in [0.717, 1.165) is 63.5 Å². The standard InChI is InChI=1S/C9H19NOS.C9H17NO.C8H18N2.C8H17N.C7H12N2O2.C7H15NO2S.CH4/c1-9(2,3)10-5-7-12(4,11)8-6-10;1-9(2,3)10-7-5-4-6-8(10)11;1-8(2,3)10-6-4-9-5-7-10;1-8(2,3)9-6-4-5-7-9;1-7(2,3)9-5(10)4-8-6(9)11;1-7(2,3)8-5-4-6-11(8,9)10;/h4-8H2,1-3H3;4-7H2,1-3H3;9H,4-7H2,1-3H3;4-7H2,1-3H3;4H2,1-3H3,(H,8,11);4-6H2,1-3H3;1H4. The molecule has 0 spiro atoms. The van der Waals surface area contributed by atoms with E-state index in [0.29, 0.717) is 29.3 Å². The summed E-state index contributed by atoms with van der Waals surface area (Å²) in [4.78, 5) is 44.1. The van der Waals surface area contributed by atoms with Gasteiger partial charge in [0.25, 0.3) is 5.91 Å². The zero-order valence-corrected chi connectivity index (χ0v) is 45.9. The van der Waals surface area contributed by atoms with Gasteiger partial charge >= 0.3 is 6.03 Å². The predicted molar refractivity (Wildman–Crippen MR) is 278 cm³/mol. The van der Waals surface area contributed by atoms with Crippen LogP contribution in [0, 0.1) is 0 Å². The van der Waals surface area contributed by atoms with Crippen LogP contribution in [0.25, 0.3) is 0 Å². The lowest BCUT2D eigenvalue weighted by Gasteiger charge is -2.39.